The van der Waals surface area contributed by atoms with Gasteiger partial charge in [0.05, 0.1) is 12.0 Å². The van der Waals surface area contributed by atoms with E-state index < -0.39 is 0 Å². The first-order valence-electron chi connectivity index (χ1n) is 5.41. The van der Waals surface area contributed by atoms with Crippen LogP contribution >= 0.6 is 20.7 Å². The van der Waals surface area contributed by atoms with Crippen molar-refractivity contribution in [2.45, 2.75) is 0 Å². The number of fused-ring (bicyclic) bond motifs is 1. The fourth-order valence-corrected chi connectivity index (χ4v) is 3.46. The molecule has 3 rings (SSSR count). The van der Waals surface area contributed by atoms with Crippen LogP contribution in [0.15, 0.2) is 36.7 Å². The number of aromatic nitrogens is 2. The number of halogens is 2. The SMILES string of the molecule is Fc1ccc(OC2=CCI=Cc3[nH]cnc32)cc1. The van der Waals surface area contributed by atoms with Crippen molar-refractivity contribution in [2.75, 3.05) is 4.43 Å². The standard InChI is InChI=1S/C13H10FIN2O/c14-9-1-3-10(4-2-9)18-12-5-6-15-7-11-13(12)17-8-16-11/h1-5,7-8H,6H2,(H,16,17). The number of allylic oxidation sites excluding steroid dienone is 1. The highest BCUT2D eigenvalue weighted by Crippen LogP contribution is 2.24. The molecule has 2 heterocycles. The average molecular weight is 356 g/mol. The van der Waals surface area contributed by atoms with Crippen molar-refractivity contribution < 1.29 is 9.13 Å². The van der Waals surface area contributed by atoms with Gasteiger partial charge in [0.15, 0.2) is 5.76 Å². The summed E-state index contributed by atoms with van der Waals surface area (Å²) in [4.78, 5) is 7.38. The van der Waals surface area contributed by atoms with E-state index in [0.717, 1.165) is 21.6 Å². The number of aromatic amines is 1. The Balaban J connectivity index is 1.90. The largest absolute Gasteiger partial charge is 0.455 e. The molecule has 2 aromatic rings. The van der Waals surface area contributed by atoms with Gasteiger partial charge in [0.25, 0.3) is 0 Å². The monoisotopic (exact) mass is 356 g/mol. The number of rotatable bonds is 2. The minimum Gasteiger partial charge on any atom is -0.455 e. The molecule has 0 saturated heterocycles. The Morgan fingerprint density at radius 3 is 2.94 bits per heavy atom. The molecule has 1 N–H and O–H groups in total. The number of hydrogen-bond acceptors (Lipinski definition) is 2. The van der Waals surface area contributed by atoms with E-state index >= 15 is 0 Å². The van der Waals surface area contributed by atoms with Gasteiger partial charge in [0.2, 0.25) is 0 Å². The highest BCUT2D eigenvalue weighted by molar-refractivity contribution is 14.2. The summed E-state index contributed by atoms with van der Waals surface area (Å²) in [5.74, 6) is 1.10. The molecule has 0 amide bonds. The molecule has 1 aromatic heterocycles. The van der Waals surface area contributed by atoms with E-state index in [9.17, 15) is 4.39 Å². The number of ether oxygens (including phenoxy) is 1. The highest BCUT2D eigenvalue weighted by Gasteiger charge is 2.13. The Morgan fingerprint density at radius 1 is 1.28 bits per heavy atom. The van der Waals surface area contributed by atoms with Gasteiger partial charge >= 0.3 is 0 Å². The zero-order valence-electron chi connectivity index (χ0n) is 9.36. The topological polar surface area (TPSA) is 37.9 Å². The molecule has 1 aromatic carbocycles. The number of alkyl halides is 1. The van der Waals surface area contributed by atoms with E-state index in [1.165, 1.54) is 12.1 Å². The molecule has 1 aliphatic rings. The van der Waals surface area contributed by atoms with Crippen molar-refractivity contribution in [3.05, 3.63) is 53.9 Å². The molecule has 0 atom stereocenters. The zero-order valence-corrected chi connectivity index (χ0v) is 11.5. The molecule has 1 aliphatic heterocycles. The van der Waals surface area contributed by atoms with E-state index in [4.69, 9.17) is 4.74 Å². The second-order valence-corrected chi connectivity index (χ2v) is 6.09. The lowest BCUT2D eigenvalue weighted by atomic mass is 10.3. The second-order valence-electron chi connectivity index (χ2n) is 3.71. The Hall–Kier alpha value is -1.50. The summed E-state index contributed by atoms with van der Waals surface area (Å²) in [7, 11) is 0. The maximum absolute atomic E-state index is 12.8. The Kier molecular flexibility index (Phi) is 3.22. The lowest BCUT2D eigenvalue weighted by Crippen LogP contribution is -1.98. The Morgan fingerprint density at radius 2 is 2.11 bits per heavy atom. The van der Waals surface area contributed by atoms with Gasteiger partial charge in [-0.05, 0) is 34.4 Å². The lowest BCUT2D eigenvalue weighted by Gasteiger charge is -2.08. The normalized spacial score (nSPS) is 14.2. The van der Waals surface area contributed by atoms with Crippen LogP contribution in [0.25, 0.3) is 5.76 Å². The van der Waals surface area contributed by atoms with Gasteiger partial charge in [-0.2, -0.15) is 0 Å². The van der Waals surface area contributed by atoms with Crippen LogP contribution in [0, 0.1) is 5.82 Å². The third-order valence-corrected chi connectivity index (χ3v) is 4.49. The first-order valence-corrected chi connectivity index (χ1v) is 8.18. The summed E-state index contributed by atoms with van der Waals surface area (Å²) in [5.41, 5.74) is 1.85. The minimum absolute atomic E-state index is 0.00303. The summed E-state index contributed by atoms with van der Waals surface area (Å²) in [6.45, 7) is 0. The molecule has 0 aliphatic carbocycles. The summed E-state index contributed by atoms with van der Waals surface area (Å²) in [5, 5.41) is 0. The molecule has 0 fully saturated rings. The van der Waals surface area contributed by atoms with Gasteiger partial charge in [-0.1, -0.05) is 0 Å². The molecule has 0 spiro atoms. The molecular formula is C13H10FIN2O. The highest BCUT2D eigenvalue weighted by atomic mass is 127. The number of imidazole rings is 1. The van der Waals surface area contributed by atoms with Gasteiger partial charge in [-0.25, -0.2) is 9.37 Å². The maximum atomic E-state index is 12.8. The van der Waals surface area contributed by atoms with E-state index in [0.29, 0.717) is 5.75 Å². The van der Waals surface area contributed by atoms with Crippen molar-refractivity contribution >= 4 is 30.5 Å². The van der Waals surface area contributed by atoms with E-state index in [1.54, 1.807) is 18.5 Å². The number of nitrogens with zero attached hydrogens (tertiary/aromatic N) is 1. The van der Waals surface area contributed by atoms with Crippen LogP contribution < -0.4 is 4.74 Å². The second kappa shape index (κ2) is 5.01. The molecule has 0 unspecified atom stereocenters. The predicted octanol–water partition coefficient (Wildman–Crippen LogP) is 3.10. The molecular weight excluding hydrogens is 346 g/mol. The smallest absolute Gasteiger partial charge is 0.152 e. The molecule has 0 saturated carbocycles. The third-order valence-electron chi connectivity index (χ3n) is 2.48. The van der Waals surface area contributed by atoms with Gasteiger partial charge in [0, 0.05) is 4.43 Å². The van der Waals surface area contributed by atoms with Gasteiger partial charge in [-0.3, -0.25) is 0 Å². The van der Waals surface area contributed by atoms with Crippen molar-refractivity contribution in [1.29, 1.82) is 0 Å². The van der Waals surface area contributed by atoms with Crippen LogP contribution in [0.1, 0.15) is 11.4 Å². The molecule has 5 heteroatoms. The van der Waals surface area contributed by atoms with Crippen LogP contribution in [-0.2, 0) is 0 Å². The fraction of sp³-hybridized carbons (Fsp3) is 0.0769. The fourth-order valence-electron chi connectivity index (χ4n) is 1.64. The quantitative estimate of drug-likeness (QED) is 0.663. The van der Waals surface area contributed by atoms with E-state index in [2.05, 4.69) is 20.1 Å². The predicted molar refractivity (Wildman–Crippen MR) is 77.6 cm³/mol. The summed E-state index contributed by atoms with van der Waals surface area (Å²) in [6, 6.07) is 6.01. The molecule has 0 bridgehead atoms. The van der Waals surface area contributed by atoms with Crippen LogP contribution in [0.2, 0.25) is 0 Å². The van der Waals surface area contributed by atoms with Crippen molar-refractivity contribution in [3.63, 3.8) is 0 Å². The van der Waals surface area contributed by atoms with Crippen molar-refractivity contribution in [2.24, 2.45) is 0 Å². The van der Waals surface area contributed by atoms with Crippen LogP contribution in [-0.4, -0.2) is 18.4 Å². The minimum atomic E-state index is -0.267. The summed E-state index contributed by atoms with van der Waals surface area (Å²) >= 11 is 0.00303. The molecule has 3 nitrogen and oxygen atoms in total. The Labute approximate surface area is 113 Å². The van der Waals surface area contributed by atoms with Crippen LogP contribution in [0.4, 0.5) is 4.39 Å². The van der Waals surface area contributed by atoms with Gasteiger partial charge in [0.1, 0.15) is 17.3 Å². The Bertz CT molecular complexity index is 616. The first-order chi connectivity index (χ1) is 8.83. The van der Waals surface area contributed by atoms with Crippen LogP contribution in [0.3, 0.4) is 0 Å². The number of H-pyrrole nitrogens is 1. The average Bonchev–Trinajstić information content (AvgIpc) is 2.76. The number of nitrogens with one attached hydrogen (secondary N) is 1. The van der Waals surface area contributed by atoms with Crippen molar-refractivity contribution in [3.8, 4) is 5.75 Å². The lowest BCUT2D eigenvalue weighted by molar-refractivity contribution is 0.509. The molecule has 18 heavy (non-hydrogen) atoms. The molecule has 0 radical (unpaired) electrons. The van der Waals surface area contributed by atoms with E-state index in [-0.39, 0.29) is 26.5 Å². The van der Waals surface area contributed by atoms with Gasteiger partial charge in [-0.15, -0.1) is 20.7 Å². The number of benzene rings is 1. The maximum Gasteiger partial charge on any atom is 0.152 e. The zero-order chi connectivity index (χ0) is 12.4. The first kappa shape index (κ1) is 11.6. The number of hydrogen-bond donors (Lipinski definition) is 1. The van der Waals surface area contributed by atoms with Crippen LogP contribution in [0.5, 0.6) is 5.75 Å². The molecule has 92 valence electrons. The van der Waals surface area contributed by atoms with Gasteiger partial charge < -0.3 is 9.72 Å². The summed E-state index contributed by atoms with van der Waals surface area (Å²) in [6.07, 6.45) is 3.72. The summed E-state index contributed by atoms with van der Waals surface area (Å²) < 4.78 is 21.8. The van der Waals surface area contributed by atoms with Crippen molar-refractivity contribution in [1.82, 2.24) is 9.97 Å². The third kappa shape index (κ3) is 2.35. The van der Waals surface area contributed by atoms with E-state index in [1.807, 2.05) is 0 Å².